The molecule has 0 heterocycles. The fourth-order valence-electron chi connectivity index (χ4n) is 3.64. The second kappa shape index (κ2) is 8.43. The van der Waals surface area contributed by atoms with E-state index in [0.717, 1.165) is 19.3 Å². The van der Waals surface area contributed by atoms with Crippen LogP contribution in [0.4, 0.5) is 11.4 Å². The molecule has 0 spiro atoms. The normalized spacial score (nSPS) is 12.6. The predicted octanol–water partition coefficient (Wildman–Crippen LogP) is 3.78. The molecule has 2 aromatic rings. The van der Waals surface area contributed by atoms with Crippen molar-refractivity contribution < 1.29 is 24.5 Å². The first-order chi connectivity index (χ1) is 13.9. The van der Waals surface area contributed by atoms with Crippen molar-refractivity contribution in [2.24, 2.45) is 0 Å². The SMILES string of the molecule is CCCCCCCCOc1cc(O)c2c(c1N)C(=O)c1c(O)ccc(N)c1C2=O. The van der Waals surface area contributed by atoms with E-state index in [9.17, 15) is 19.8 Å². The van der Waals surface area contributed by atoms with Gasteiger partial charge in [-0.25, -0.2) is 0 Å². The Morgan fingerprint density at radius 1 is 0.828 bits per heavy atom. The van der Waals surface area contributed by atoms with E-state index in [1.54, 1.807) is 0 Å². The lowest BCUT2D eigenvalue weighted by atomic mass is 9.81. The first-order valence-electron chi connectivity index (χ1n) is 9.87. The third kappa shape index (κ3) is 3.72. The Hall–Kier alpha value is -3.22. The van der Waals surface area contributed by atoms with Gasteiger partial charge in [-0.2, -0.15) is 0 Å². The Bertz CT molecular complexity index is 968. The number of nitrogens with two attached hydrogens (primary N) is 2. The highest BCUT2D eigenvalue weighted by atomic mass is 16.5. The van der Waals surface area contributed by atoms with E-state index in [1.807, 2.05) is 0 Å². The minimum Gasteiger partial charge on any atom is -0.507 e. The number of aromatic hydroxyl groups is 2. The zero-order chi connectivity index (χ0) is 21.1. The maximum Gasteiger partial charge on any atom is 0.200 e. The van der Waals surface area contributed by atoms with Gasteiger partial charge in [0.1, 0.15) is 17.2 Å². The second-order valence-corrected chi connectivity index (χ2v) is 7.26. The summed E-state index contributed by atoms with van der Waals surface area (Å²) in [4.78, 5) is 25.9. The number of ketones is 2. The number of benzene rings is 2. The molecule has 0 aliphatic heterocycles. The number of nitrogen functional groups attached to an aromatic ring is 2. The molecule has 0 saturated carbocycles. The van der Waals surface area contributed by atoms with Crippen molar-refractivity contribution in [3.8, 4) is 17.2 Å². The number of anilines is 2. The van der Waals surface area contributed by atoms with Gasteiger partial charge in [0.05, 0.1) is 34.5 Å². The van der Waals surface area contributed by atoms with Crippen LogP contribution in [0.15, 0.2) is 18.2 Å². The lowest BCUT2D eigenvalue weighted by Gasteiger charge is -2.23. The Morgan fingerprint density at radius 3 is 2.17 bits per heavy atom. The van der Waals surface area contributed by atoms with Gasteiger partial charge in [-0.3, -0.25) is 9.59 Å². The topological polar surface area (TPSA) is 136 Å². The molecular weight excluding hydrogens is 372 g/mol. The Kier molecular flexibility index (Phi) is 5.96. The van der Waals surface area contributed by atoms with Crippen molar-refractivity contribution in [3.05, 3.63) is 40.5 Å². The van der Waals surface area contributed by atoms with Gasteiger partial charge in [0, 0.05) is 11.8 Å². The highest BCUT2D eigenvalue weighted by Gasteiger charge is 2.38. The summed E-state index contributed by atoms with van der Waals surface area (Å²) in [6.07, 6.45) is 6.51. The van der Waals surface area contributed by atoms with Crippen LogP contribution in [0.3, 0.4) is 0 Å². The number of hydrogen-bond acceptors (Lipinski definition) is 7. The predicted molar refractivity (Wildman–Crippen MR) is 111 cm³/mol. The third-order valence-electron chi connectivity index (χ3n) is 5.19. The molecule has 1 aliphatic carbocycles. The van der Waals surface area contributed by atoms with Crippen molar-refractivity contribution in [1.29, 1.82) is 0 Å². The standard InChI is InChI=1S/C22H26N2O5/c1-2-3-4-5-6-7-10-29-15-11-14(26)18-19(20(15)24)22(28)17-13(25)9-8-12(23)16(17)21(18)27/h8-9,11,25-26H,2-7,10,23-24H2,1H3. The summed E-state index contributed by atoms with van der Waals surface area (Å²) in [5.74, 6) is -1.95. The number of fused-ring (bicyclic) bond motifs is 2. The molecule has 0 amide bonds. The number of ether oxygens (including phenoxy) is 1. The number of unbranched alkanes of at least 4 members (excludes halogenated alkanes) is 5. The molecular formula is C22H26N2O5. The maximum atomic E-state index is 13.0. The summed E-state index contributed by atoms with van der Waals surface area (Å²) < 4.78 is 5.68. The zero-order valence-electron chi connectivity index (χ0n) is 16.5. The lowest BCUT2D eigenvalue weighted by molar-refractivity contribution is 0.0975. The van der Waals surface area contributed by atoms with Gasteiger partial charge in [0.25, 0.3) is 0 Å². The molecule has 3 rings (SSSR count). The molecule has 1 aliphatic rings. The van der Waals surface area contributed by atoms with Crippen LogP contribution in [0.5, 0.6) is 17.2 Å². The molecule has 7 nitrogen and oxygen atoms in total. The van der Waals surface area contributed by atoms with Gasteiger partial charge in [0.15, 0.2) is 0 Å². The van der Waals surface area contributed by atoms with Crippen molar-refractivity contribution in [2.45, 2.75) is 45.4 Å². The summed E-state index contributed by atoms with van der Waals surface area (Å²) in [5.41, 5.74) is 11.3. The fraction of sp³-hybridized carbons (Fsp3) is 0.364. The average molecular weight is 398 g/mol. The molecule has 0 aromatic heterocycles. The van der Waals surface area contributed by atoms with Gasteiger partial charge < -0.3 is 26.4 Å². The number of carbonyl (C=O) groups excluding carboxylic acids is 2. The fourth-order valence-corrected chi connectivity index (χ4v) is 3.64. The van der Waals surface area contributed by atoms with E-state index in [0.29, 0.717) is 6.61 Å². The van der Waals surface area contributed by atoms with Gasteiger partial charge in [-0.1, -0.05) is 39.0 Å². The monoisotopic (exact) mass is 398 g/mol. The highest BCUT2D eigenvalue weighted by molar-refractivity contribution is 6.33. The van der Waals surface area contributed by atoms with E-state index < -0.39 is 17.3 Å². The van der Waals surface area contributed by atoms with Crippen LogP contribution in [0.1, 0.15) is 77.3 Å². The van der Waals surface area contributed by atoms with Gasteiger partial charge in [-0.15, -0.1) is 0 Å². The van der Waals surface area contributed by atoms with Crippen molar-refractivity contribution in [1.82, 2.24) is 0 Å². The Balaban J connectivity index is 1.87. The summed E-state index contributed by atoms with van der Waals surface area (Å²) in [5, 5.41) is 20.5. The lowest BCUT2D eigenvalue weighted by Crippen LogP contribution is -2.24. The minimum atomic E-state index is -0.669. The van der Waals surface area contributed by atoms with Gasteiger partial charge in [0.2, 0.25) is 11.6 Å². The molecule has 7 heteroatoms. The van der Waals surface area contributed by atoms with Crippen LogP contribution < -0.4 is 16.2 Å². The summed E-state index contributed by atoms with van der Waals surface area (Å²) in [7, 11) is 0. The first-order valence-corrected chi connectivity index (χ1v) is 9.87. The smallest absolute Gasteiger partial charge is 0.200 e. The quantitative estimate of drug-likeness (QED) is 0.257. The summed E-state index contributed by atoms with van der Waals surface area (Å²) in [6.45, 7) is 2.54. The zero-order valence-corrected chi connectivity index (χ0v) is 16.5. The van der Waals surface area contributed by atoms with Gasteiger partial charge in [-0.05, 0) is 18.6 Å². The second-order valence-electron chi connectivity index (χ2n) is 7.26. The number of hydrogen-bond donors (Lipinski definition) is 4. The summed E-state index contributed by atoms with van der Waals surface area (Å²) in [6, 6.07) is 3.84. The van der Waals surface area contributed by atoms with Crippen LogP contribution in [0.2, 0.25) is 0 Å². The van der Waals surface area contributed by atoms with E-state index in [2.05, 4.69) is 6.92 Å². The van der Waals surface area contributed by atoms with Crippen LogP contribution in [-0.2, 0) is 0 Å². The molecule has 29 heavy (non-hydrogen) atoms. The number of phenolic OH excluding ortho intramolecular Hbond substituents is 2. The molecule has 0 bridgehead atoms. The van der Waals surface area contributed by atoms with E-state index in [-0.39, 0.29) is 45.1 Å². The van der Waals surface area contributed by atoms with Crippen LogP contribution >= 0.6 is 0 Å². The molecule has 6 N–H and O–H groups in total. The molecule has 0 saturated heterocycles. The average Bonchev–Trinajstić information content (AvgIpc) is 2.69. The number of carbonyl (C=O) groups is 2. The Labute approximate surface area is 169 Å². The van der Waals surface area contributed by atoms with E-state index in [4.69, 9.17) is 16.2 Å². The Morgan fingerprint density at radius 2 is 1.45 bits per heavy atom. The van der Waals surface area contributed by atoms with Gasteiger partial charge >= 0.3 is 0 Å². The molecule has 0 unspecified atom stereocenters. The van der Waals surface area contributed by atoms with Crippen LogP contribution in [-0.4, -0.2) is 28.4 Å². The van der Waals surface area contributed by atoms with E-state index >= 15 is 0 Å². The molecule has 154 valence electrons. The van der Waals surface area contributed by atoms with E-state index in [1.165, 1.54) is 37.5 Å². The minimum absolute atomic E-state index is 0.0328. The molecule has 2 aromatic carbocycles. The number of phenols is 2. The molecule has 0 atom stereocenters. The number of rotatable bonds is 8. The van der Waals surface area contributed by atoms with Crippen molar-refractivity contribution in [2.75, 3.05) is 18.1 Å². The highest BCUT2D eigenvalue weighted by Crippen LogP contribution is 2.44. The first kappa shape index (κ1) is 20.5. The van der Waals surface area contributed by atoms with Crippen molar-refractivity contribution in [3.63, 3.8) is 0 Å². The largest absolute Gasteiger partial charge is 0.507 e. The summed E-state index contributed by atoms with van der Waals surface area (Å²) >= 11 is 0. The molecule has 0 fully saturated rings. The van der Waals surface area contributed by atoms with Crippen LogP contribution in [0, 0.1) is 0 Å². The van der Waals surface area contributed by atoms with Crippen LogP contribution in [0.25, 0.3) is 0 Å². The third-order valence-corrected chi connectivity index (χ3v) is 5.19. The molecule has 0 radical (unpaired) electrons. The maximum absolute atomic E-state index is 13.0. The van der Waals surface area contributed by atoms with Crippen molar-refractivity contribution >= 4 is 22.9 Å².